The summed E-state index contributed by atoms with van der Waals surface area (Å²) < 4.78 is 24.6. The molecule has 0 spiro atoms. The van der Waals surface area contributed by atoms with Gasteiger partial charge < -0.3 is 14.6 Å². The molecule has 26 heavy (non-hydrogen) atoms. The van der Waals surface area contributed by atoms with E-state index in [4.69, 9.17) is 9.26 Å². The van der Waals surface area contributed by atoms with Crippen LogP contribution in [0.5, 0.6) is 5.75 Å². The first-order valence-electron chi connectivity index (χ1n) is 8.59. The van der Waals surface area contributed by atoms with Crippen LogP contribution in [0.4, 0.5) is 10.2 Å². The highest BCUT2D eigenvalue weighted by Crippen LogP contribution is 2.35. The number of ether oxygens (including phenoxy) is 1. The molecule has 0 saturated carbocycles. The standard InChI is InChI=1S/C19H19FN4O2/c1-11(2)18-23-19(26-24-18)12-5-7-21-17(9-12)22-15-6-8-25-16-4-3-13(20)10-14(15)16/h3-5,7,9-11,15H,6,8H2,1-2H3,(H,21,22). The molecule has 0 bridgehead atoms. The Bertz CT molecular complexity index is 925. The Morgan fingerprint density at radius 2 is 2.12 bits per heavy atom. The third-order valence-corrected chi connectivity index (χ3v) is 4.30. The van der Waals surface area contributed by atoms with Gasteiger partial charge in [-0.15, -0.1) is 0 Å². The lowest BCUT2D eigenvalue weighted by Crippen LogP contribution is -2.21. The Kier molecular flexibility index (Phi) is 4.28. The Balaban J connectivity index is 1.59. The van der Waals surface area contributed by atoms with E-state index in [0.29, 0.717) is 29.9 Å². The minimum Gasteiger partial charge on any atom is -0.493 e. The van der Waals surface area contributed by atoms with Crippen molar-refractivity contribution in [2.45, 2.75) is 32.2 Å². The fraction of sp³-hybridized carbons (Fsp3) is 0.316. The fourth-order valence-corrected chi connectivity index (χ4v) is 2.92. The molecule has 4 rings (SSSR count). The van der Waals surface area contributed by atoms with E-state index in [1.807, 2.05) is 26.0 Å². The second kappa shape index (κ2) is 6.74. The van der Waals surface area contributed by atoms with Gasteiger partial charge in [-0.2, -0.15) is 4.98 Å². The molecular weight excluding hydrogens is 335 g/mol. The molecule has 0 radical (unpaired) electrons. The molecule has 1 aliphatic rings. The summed E-state index contributed by atoms with van der Waals surface area (Å²) in [7, 11) is 0. The predicted molar refractivity (Wildman–Crippen MR) is 94.5 cm³/mol. The highest BCUT2D eigenvalue weighted by molar-refractivity contribution is 5.58. The van der Waals surface area contributed by atoms with Gasteiger partial charge in [0.1, 0.15) is 17.4 Å². The van der Waals surface area contributed by atoms with E-state index in [1.165, 1.54) is 12.1 Å². The average molecular weight is 354 g/mol. The third kappa shape index (κ3) is 3.24. The number of benzene rings is 1. The van der Waals surface area contributed by atoms with Gasteiger partial charge in [-0.25, -0.2) is 9.37 Å². The van der Waals surface area contributed by atoms with Gasteiger partial charge in [0.15, 0.2) is 5.82 Å². The number of fused-ring (bicyclic) bond motifs is 1. The second-order valence-electron chi connectivity index (χ2n) is 6.56. The van der Waals surface area contributed by atoms with Gasteiger partial charge in [-0.3, -0.25) is 0 Å². The van der Waals surface area contributed by atoms with Crippen LogP contribution in [0.25, 0.3) is 11.5 Å². The zero-order chi connectivity index (χ0) is 18.1. The molecule has 2 aromatic heterocycles. The second-order valence-corrected chi connectivity index (χ2v) is 6.56. The lowest BCUT2D eigenvalue weighted by Gasteiger charge is -2.27. The number of nitrogens with zero attached hydrogens (tertiary/aromatic N) is 3. The van der Waals surface area contributed by atoms with Gasteiger partial charge in [0.05, 0.1) is 12.6 Å². The minimum atomic E-state index is -0.283. The van der Waals surface area contributed by atoms with Crippen LogP contribution in [0, 0.1) is 5.82 Å². The lowest BCUT2D eigenvalue weighted by molar-refractivity contribution is 0.273. The van der Waals surface area contributed by atoms with Crippen LogP contribution in [-0.4, -0.2) is 21.7 Å². The van der Waals surface area contributed by atoms with Crippen molar-refractivity contribution in [1.29, 1.82) is 0 Å². The SMILES string of the molecule is CC(C)c1noc(-c2ccnc(NC3CCOc4ccc(F)cc43)c2)n1. The summed E-state index contributed by atoms with van der Waals surface area (Å²) in [6, 6.07) is 8.16. The van der Waals surface area contributed by atoms with Gasteiger partial charge in [0.25, 0.3) is 5.89 Å². The smallest absolute Gasteiger partial charge is 0.258 e. The molecule has 0 saturated heterocycles. The zero-order valence-electron chi connectivity index (χ0n) is 14.6. The average Bonchev–Trinajstić information content (AvgIpc) is 3.13. The Hall–Kier alpha value is -2.96. The predicted octanol–water partition coefficient (Wildman–Crippen LogP) is 4.33. The van der Waals surface area contributed by atoms with Crippen LogP contribution in [0.1, 0.15) is 43.6 Å². The molecule has 1 aliphatic heterocycles. The minimum absolute atomic E-state index is 0.0777. The van der Waals surface area contributed by atoms with Crippen molar-refractivity contribution in [3.8, 4) is 17.2 Å². The molecule has 0 amide bonds. The lowest BCUT2D eigenvalue weighted by atomic mass is 10.0. The number of aromatic nitrogens is 3. The number of anilines is 1. The molecule has 3 heterocycles. The fourth-order valence-electron chi connectivity index (χ4n) is 2.92. The number of hydrogen-bond acceptors (Lipinski definition) is 6. The number of rotatable bonds is 4. The monoisotopic (exact) mass is 354 g/mol. The largest absolute Gasteiger partial charge is 0.493 e. The summed E-state index contributed by atoms with van der Waals surface area (Å²) >= 11 is 0. The van der Waals surface area contributed by atoms with Crippen molar-refractivity contribution in [2.75, 3.05) is 11.9 Å². The molecule has 3 aromatic rings. The van der Waals surface area contributed by atoms with Crippen LogP contribution in [0.15, 0.2) is 41.1 Å². The van der Waals surface area contributed by atoms with Crippen LogP contribution in [0.2, 0.25) is 0 Å². The highest BCUT2D eigenvalue weighted by atomic mass is 19.1. The quantitative estimate of drug-likeness (QED) is 0.752. The normalized spacial score (nSPS) is 16.2. The first kappa shape index (κ1) is 16.5. The van der Waals surface area contributed by atoms with E-state index >= 15 is 0 Å². The highest BCUT2D eigenvalue weighted by Gasteiger charge is 2.22. The van der Waals surface area contributed by atoms with Crippen molar-refractivity contribution in [3.63, 3.8) is 0 Å². The Labute approximate surface area is 150 Å². The van der Waals surface area contributed by atoms with Gasteiger partial charge in [0.2, 0.25) is 0 Å². The molecule has 0 aliphatic carbocycles. The molecule has 1 unspecified atom stereocenters. The Morgan fingerprint density at radius 1 is 1.23 bits per heavy atom. The van der Waals surface area contributed by atoms with Crippen molar-refractivity contribution < 1.29 is 13.7 Å². The zero-order valence-corrected chi connectivity index (χ0v) is 14.6. The van der Waals surface area contributed by atoms with Crippen molar-refractivity contribution in [3.05, 3.63) is 53.7 Å². The number of nitrogens with one attached hydrogen (secondary N) is 1. The summed E-state index contributed by atoms with van der Waals surface area (Å²) in [4.78, 5) is 8.77. The first-order chi connectivity index (χ1) is 12.6. The van der Waals surface area contributed by atoms with Gasteiger partial charge in [0, 0.05) is 29.7 Å². The molecule has 134 valence electrons. The van der Waals surface area contributed by atoms with Gasteiger partial charge >= 0.3 is 0 Å². The van der Waals surface area contributed by atoms with E-state index < -0.39 is 0 Å². The molecule has 1 atom stereocenters. The molecule has 1 N–H and O–H groups in total. The summed E-state index contributed by atoms with van der Waals surface area (Å²) in [5.74, 6) is 2.40. The topological polar surface area (TPSA) is 73.1 Å². The maximum absolute atomic E-state index is 13.6. The summed E-state index contributed by atoms with van der Waals surface area (Å²) in [6.45, 7) is 4.59. The van der Waals surface area contributed by atoms with Crippen LogP contribution in [0.3, 0.4) is 0 Å². The van der Waals surface area contributed by atoms with Crippen molar-refractivity contribution >= 4 is 5.82 Å². The summed E-state index contributed by atoms with van der Waals surface area (Å²) in [6.07, 6.45) is 2.41. The maximum Gasteiger partial charge on any atom is 0.258 e. The van der Waals surface area contributed by atoms with E-state index in [-0.39, 0.29) is 17.8 Å². The number of pyridine rings is 1. The first-order valence-corrected chi connectivity index (χ1v) is 8.59. The van der Waals surface area contributed by atoms with Crippen LogP contribution >= 0.6 is 0 Å². The molecule has 0 fully saturated rings. The number of hydrogen-bond donors (Lipinski definition) is 1. The molecule has 1 aromatic carbocycles. The van der Waals surface area contributed by atoms with Crippen molar-refractivity contribution in [2.24, 2.45) is 0 Å². The van der Waals surface area contributed by atoms with Crippen LogP contribution < -0.4 is 10.1 Å². The van der Waals surface area contributed by atoms with E-state index in [2.05, 4.69) is 20.4 Å². The van der Waals surface area contributed by atoms with E-state index in [9.17, 15) is 4.39 Å². The van der Waals surface area contributed by atoms with Gasteiger partial charge in [-0.05, 0) is 30.3 Å². The Morgan fingerprint density at radius 3 is 2.92 bits per heavy atom. The van der Waals surface area contributed by atoms with E-state index in [1.54, 1.807) is 12.3 Å². The molecule has 7 heteroatoms. The van der Waals surface area contributed by atoms with Crippen molar-refractivity contribution in [1.82, 2.24) is 15.1 Å². The summed E-state index contributed by atoms with van der Waals surface area (Å²) in [5.41, 5.74) is 1.58. The molecule has 6 nitrogen and oxygen atoms in total. The summed E-state index contributed by atoms with van der Waals surface area (Å²) in [5, 5.41) is 7.35. The number of halogens is 1. The molecular formula is C19H19FN4O2. The van der Waals surface area contributed by atoms with E-state index in [0.717, 1.165) is 17.5 Å². The maximum atomic E-state index is 13.6. The van der Waals surface area contributed by atoms with Gasteiger partial charge in [-0.1, -0.05) is 19.0 Å². The third-order valence-electron chi connectivity index (χ3n) is 4.30. The van der Waals surface area contributed by atoms with Crippen LogP contribution in [-0.2, 0) is 0 Å².